The van der Waals surface area contributed by atoms with Crippen molar-refractivity contribution in [3.8, 4) is 0 Å². The Labute approximate surface area is 84.3 Å². The maximum Gasteiger partial charge on any atom is 0.0922 e. The maximum absolute atomic E-state index is 4.00. The van der Waals surface area contributed by atoms with Crippen LogP contribution in [-0.2, 0) is 6.54 Å². The van der Waals surface area contributed by atoms with Gasteiger partial charge < -0.3 is 10.3 Å². The van der Waals surface area contributed by atoms with Gasteiger partial charge in [0.15, 0.2) is 0 Å². The molecule has 3 heteroatoms. The zero-order valence-electron chi connectivity index (χ0n) is 8.42. The molecule has 0 aliphatic heterocycles. The quantitative estimate of drug-likeness (QED) is 0.743. The molecule has 0 saturated heterocycles. The van der Waals surface area contributed by atoms with E-state index in [1.54, 1.807) is 6.33 Å². The first-order chi connectivity index (χ1) is 6.89. The van der Waals surface area contributed by atoms with E-state index in [2.05, 4.69) is 15.3 Å². The summed E-state index contributed by atoms with van der Waals surface area (Å²) in [5.74, 6) is 1.05. The predicted octanol–water partition coefficient (Wildman–Crippen LogP) is 1.69. The van der Waals surface area contributed by atoms with Gasteiger partial charge in [-0.05, 0) is 37.0 Å². The Balaban J connectivity index is 1.46. The number of H-pyrrole nitrogens is 1. The molecular formula is C11H17N3. The second kappa shape index (κ2) is 3.09. The highest BCUT2D eigenvalue weighted by Gasteiger charge is 2.53. The van der Waals surface area contributed by atoms with E-state index >= 15 is 0 Å². The second-order valence-electron chi connectivity index (χ2n) is 4.82. The third-order valence-corrected chi connectivity index (χ3v) is 3.68. The second-order valence-corrected chi connectivity index (χ2v) is 4.82. The van der Waals surface area contributed by atoms with Crippen molar-refractivity contribution >= 4 is 0 Å². The molecule has 2 fully saturated rings. The molecule has 0 spiro atoms. The number of hydrogen-bond acceptors (Lipinski definition) is 2. The third-order valence-electron chi connectivity index (χ3n) is 3.68. The van der Waals surface area contributed by atoms with Crippen LogP contribution in [0.5, 0.6) is 0 Å². The van der Waals surface area contributed by atoms with Gasteiger partial charge in [-0.1, -0.05) is 0 Å². The van der Waals surface area contributed by atoms with E-state index in [1.165, 1.54) is 37.9 Å². The van der Waals surface area contributed by atoms with Gasteiger partial charge in [-0.2, -0.15) is 0 Å². The molecule has 0 aromatic carbocycles. The van der Waals surface area contributed by atoms with Crippen LogP contribution in [-0.4, -0.2) is 16.5 Å². The monoisotopic (exact) mass is 191 g/mol. The Hall–Kier alpha value is -0.830. The summed E-state index contributed by atoms with van der Waals surface area (Å²) in [6.45, 7) is 2.14. The number of nitrogens with one attached hydrogen (secondary N) is 2. The van der Waals surface area contributed by atoms with E-state index < -0.39 is 0 Å². The van der Waals surface area contributed by atoms with Crippen molar-refractivity contribution in [2.45, 2.75) is 32.2 Å². The Morgan fingerprint density at radius 3 is 2.93 bits per heavy atom. The molecule has 0 atom stereocenters. The summed E-state index contributed by atoms with van der Waals surface area (Å²) in [7, 11) is 0. The SMILES string of the molecule is c1ncc(CNCC2(C3CC3)CC2)[nH]1. The predicted molar refractivity (Wildman–Crippen MR) is 54.7 cm³/mol. The Bertz CT molecular complexity index is 296. The summed E-state index contributed by atoms with van der Waals surface area (Å²) in [6, 6.07) is 0. The summed E-state index contributed by atoms with van der Waals surface area (Å²) in [5.41, 5.74) is 1.90. The first kappa shape index (κ1) is 8.48. The lowest BCUT2D eigenvalue weighted by atomic mass is 10.0. The number of aromatic nitrogens is 2. The normalized spacial score (nSPS) is 23.7. The highest BCUT2D eigenvalue weighted by Crippen LogP contribution is 2.60. The zero-order valence-corrected chi connectivity index (χ0v) is 8.42. The molecule has 0 unspecified atom stereocenters. The summed E-state index contributed by atoms with van der Waals surface area (Å²) in [6.07, 6.45) is 9.49. The van der Waals surface area contributed by atoms with Crippen molar-refractivity contribution in [1.82, 2.24) is 15.3 Å². The summed E-state index contributed by atoms with van der Waals surface area (Å²) in [5, 5.41) is 3.54. The van der Waals surface area contributed by atoms with Crippen LogP contribution in [0.4, 0.5) is 0 Å². The molecule has 0 radical (unpaired) electrons. The molecule has 76 valence electrons. The lowest BCUT2D eigenvalue weighted by Crippen LogP contribution is -2.25. The smallest absolute Gasteiger partial charge is 0.0922 e. The van der Waals surface area contributed by atoms with Gasteiger partial charge in [0.05, 0.1) is 6.33 Å². The van der Waals surface area contributed by atoms with Crippen LogP contribution in [0.3, 0.4) is 0 Å². The lowest BCUT2D eigenvalue weighted by Gasteiger charge is -2.14. The first-order valence-electron chi connectivity index (χ1n) is 5.57. The minimum atomic E-state index is 0.708. The molecule has 14 heavy (non-hydrogen) atoms. The van der Waals surface area contributed by atoms with Crippen molar-refractivity contribution in [3.05, 3.63) is 18.2 Å². The standard InChI is InChI=1S/C11H17N3/c1-2-9(1)11(3-4-11)7-12-5-10-6-13-8-14-10/h6,8-9,12H,1-5,7H2,(H,13,14). The molecular weight excluding hydrogens is 174 g/mol. The fourth-order valence-corrected chi connectivity index (χ4v) is 2.41. The molecule has 0 amide bonds. The number of imidazole rings is 1. The molecule has 3 rings (SSSR count). The molecule has 1 heterocycles. The molecule has 2 N–H and O–H groups in total. The van der Waals surface area contributed by atoms with Crippen molar-refractivity contribution in [2.75, 3.05) is 6.54 Å². The van der Waals surface area contributed by atoms with Gasteiger partial charge >= 0.3 is 0 Å². The third kappa shape index (κ3) is 1.57. The van der Waals surface area contributed by atoms with Crippen LogP contribution in [0.25, 0.3) is 0 Å². The van der Waals surface area contributed by atoms with E-state index in [-0.39, 0.29) is 0 Å². The first-order valence-corrected chi connectivity index (χ1v) is 5.57. The van der Waals surface area contributed by atoms with Gasteiger partial charge in [0.1, 0.15) is 0 Å². The molecule has 1 aromatic rings. The van der Waals surface area contributed by atoms with E-state index in [1.807, 2.05) is 6.20 Å². The number of hydrogen-bond donors (Lipinski definition) is 2. The van der Waals surface area contributed by atoms with Gasteiger partial charge in [0.25, 0.3) is 0 Å². The van der Waals surface area contributed by atoms with Crippen molar-refractivity contribution in [1.29, 1.82) is 0 Å². The van der Waals surface area contributed by atoms with Crippen LogP contribution in [0.2, 0.25) is 0 Å². The van der Waals surface area contributed by atoms with Crippen LogP contribution in [0.1, 0.15) is 31.4 Å². The van der Waals surface area contributed by atoms with E-state index in [4.69, 9.17) is 0 Å². The Kier molecular flexibility index (Phi) is 1.87. The minimum absolute atomic E-state index is 0.708. The maximum atomic E-state index is 4.00. The Morgan fingerprint density at radius 1 is 1.50 bits per heavy atom. The van der Waals surface area contributed by atoms with E-state index in [0.717, 1.165) is 12.5 Å². The van der Waals surface area contributed by atoms with Gasteiger partial charge in [-0.3, -0.25) is 0 Å². The number of nitrogens with zero attached hydrogens (tertiary/aromatic N) is 1. The summed E-state index contributed by atoms with van der Waals surface area (Å²) >= 11 is 0. The molecule has 2 aliphatic rings. The topological polar surface area (TPSA) is 40.7 Å². The van der Waals surface area contributed by atoms with Crippen LogP contribution in [0.15, 0.2) is 12.5 Å². The fraction of sp³-hybridized carbons (Fsp3) is 0.727. The lowest BCUT2D eigenvalue weighted by molar-refractivity contribution is 0.402. The molecule has 3 nitrogen and oxygen atoms in total. The molecule has 2 saturated carbocycles. The largest absolute Gasteiger partial charge is 0.347 e. The van der Waals surface area contributed by atoms with E-state index in [9.17, 15) is 0 Å². The van der Waals surface area contributed by atoms with Crippen LogP contribution >= 0.6 is 0 Å². The van der Waals surface area contributed by atoms with Gasteiger partial charge in [-0.25, -0.2) is 4.98 Å². The highest BCUT2D eigenvalue weighted by atomic mass is 14.9. The van der Waals surface area contributed by atoms with Gasteiger partial charge in [0.2, 0.25) is 0 Å². The highest BCUT2D eigenvalue weighted by molar-refractivity contribution is 5.05. The van der Waals surface area contributed by atoms with Crippen molar-refractivity contribution < 1.29 is 0 Å². The number of rotatable bonds is 5. The van der Waals surface area contributed by atoms with Crippen molar-refractivity contribution in [2.24, 2.45) is 11.3 Å². The van der Waals surface area contributed by atoms with Crippen LogP contribution < -0.4 is 5.32 Å². The summed E-state index contributed by atoms with van der Waals surface area (Å²) < 4.78 is 0. The average molecular weight is 191 g/mol. The van der Waals surface area contributed by atoms with Gasteiger partial charge in [-0.15, -0.1) is 0 Å². The Morgan fingerprint density at radius 2 is 2.36 bits per heavy atom. The number of aromatic amines is 1. The van der Waals surface area contributed by atoms with Gasteiger partial charge in [0, 0.05) is 25.0 Å². The minimum Gasteiger partial charge on any atom is -0.347 e. The van der Waals surface area contributed by atoms with Crippen molar-refractivity contribution in [3.63, 3.8) is 0 Å². The zero-order chi connectivity index (χ0) is 9.43. The molecule has 1 aromatic heterocycles. The molecule has 0 bridgehead atoms. The summed E-state index contributed by atoms with van der Waals surface area (Å²) in [4.78, 5) is 7.12. The molecule has 2 aliphatic carbocycles. The van der Waals surface area contributed by atoms with Crippen LogP contribution in [0, 0.1) is 11.3 Å². The fourth-order valence-electron chi connectivity index (χ4n) is 2.41. The van der Waals surface area contributed by atoms with E-state index in [0.29, 0.717) is 5.41 Å². The average Bonchev–Trinajstić information content (AvgIpc) is 3.07.